The van der Waals surface area contributed by atoms with Crippen molar-refractivity contribution in [2.24, 2.45) is 0 Å². The first-order valence-corrected chi connectivity index (χ1v) is 7.67. The van der Waals surface area contributed by atoms with Crippen LogP contribution in [0.4, 0.5) is 5.69 Å². The number of carbonyl (C=O) groups is 2. The molecule has 2 rings (SSSR count). The van der Waals surface area contributed by atoms with Crippen molar-refractivity contribution in [2.75, 3.05) is 5.32 Å². The lowest BCUT2D eigenvalue weighted by Crippen LogP contribution is -2.15. The molecule has 0 bridgehead atoms. The molecule has 0 fully saturated rings. The fourth-order valence-corrected chi connectivity index (χ4v) is 2.49. The van der Waals surface area contributed by atoms with E-state index in [0.29, 0.717) is 11.4 Å². The fourth-order valence-electron chi connectivity index (χ4n) is 2.49. The number of carboxylic acid groups (broad SMARTS) is 1. The predicted octanol–water partition coefficient (Wildman–Crippen LogP) is 3.50. The summed E-state index contributed by atoms with van der Waals surface area (Å²) >= 11 is 0. The van der Waals surface area contributed by atoms with Crippen molar-refractivity contribution >= 4 is 17.6 Å². The van der Waals surface area contributed by atoms with Crippen molar-refractivity contribution in [1.29, 1.82) is 0 Å². The third-order valence-corrected chi connectivity index (χ3v) is 3.83. The van der Waals surface area contributed by atoms with Crippen LogP contribution in [0.3, 0.4) is 0 Å². The maximum Gasteiger partial charge on any atom is 0.335 e. The monoisotopic (exact) mass is 315 g/mol. The van der Waals surface area contributed by atoms with Crippen molar-refractivity contribution in [3.8, 4) is 0 Å². The van der Waals surface area contributed by atoms with Crippen LogP contribution in [0.5, 0.6) is 0 Å². The van der Waals surface area contributed by atoms with Gasteiger partial charge in [0.15, 0.2) is 5.69 Å². The molecule has 6 nitrogen and oxygen atoms in total. The molecule has 122 valence electrons. The Kier molecular flexibility index (Phi) is 5.16. The number of aryl methyl sites for hydroxylation is 1. The van der Waals surface area contributed by atoms with E-state index in [0.717, 1.165) is 18.5 Å². The van der Waals surface area contributed by atoms with Gasteiger partial charge < -0.3 is 10.4 Å². The Morgan fingerprint density at radius 3 is 2.35 bits per heavy atom. The molecule has 0 spiro atoms. The van der Waals surface area contributed by atoms with E-state index in [9.17, 15) is 9.59 Å². The summed E-state index contributed by atoms with van der Waals surface area (Å²) in [6.45, 7) is 6.13. The number of rotatable bonds is 6. The fraction of sp³-hybridized carbons (Fsp3) is 0.353. The van der Waals surface area contributed by atoms with Gasteiger partial charge in [-0.25, -0.2) is 4.79 Å². The standard InChI is InChI=1S/C17H21N3O3/c1-4-14(5-2)20-11(3)10-15(19-20)16(21)18-13-8-6-12(7-9-13)17(22)23/h6-10,14H,4-5H2,1-3H3,(H,18,21)(H,22,23). The van der Waals surface area contributed by atoms with Gasteiger partial charge in [0.05, 0.1) is 11.6 Å². The molecule has 6 heteroatoms. The Balaban J connectivity index is 2.14. The second-order valence-electron chi connectivity index (χ2n) is 5.42. The number of amides is 1. The summed E-state index contributed by atoms with van der Waals surface area (Å²) in [7, 11) is 0. The van der Waals surface area contributed by atoms with Crippen LogP contribution in [0.2, 0.25) is 0 Å². The maximum atomic E-state index is 12.3. The molecule has 2 aromatic rings. The second kappa shape index (κ2) is 7.09. The third kappa shape index (κ3) is 3.77. The Labute approximate surface area is 135 Å². The van der Waals surface area contributed by atoms with Crippen LogP contribution in [-0.4, -0.2) is 26.8 Å². The number of nitrogens with zero attached hydrogens (tertiary/aromatic N) is 2. The molecule has 2 N–H and O–H groups in total. The van der Waals surface area contributed by atoms with E-state index >= 15 is 0 Å². The third-order valence-electron chi connectivity index (χ3n) is 3.83. The highest BCUT2D eigenvalue weighted by Gasteiger charge is 2.16. The van der Waals surface area contributed by atoms with Gasteiger partial charge in [-0.1, -0.05) is 13.8 Å². The van der Waals surface area contributed by atoms with Crippen LogP contribution >= 0.6 is 0 Å². The number of aromatic carboxylic acids is 1. The Hall–Kier alpha value is -2.63. The van der Waals surface area contributed by atoms with E-state index in [2.05, 4.69) is 24.3 Å². The average molecular weight is 315 g/mol. The second-order valence-corrected chi connectivity index (χ2v) is 5.42. The van der Waals surface area contributed by atoms with Crippen molar-refractivity contribution in [3.05, 3.63) is 47.3 Å². The van der Waals surface area contributed by atoms with E-state index in [4.69, 9.17) is 5.11 Å². The molecular weight excluding hydrogens is 294 g/mol. The van der Waals surface area contributed by atoms with E-state index in [-0.39, 0.29) is 17.5 Å². The molecule has 0 saturated carbocycles. The Morgan fingerprint density at radius 2 is 1.83 bits per heavy atom. The lowest BCUT2D eigenvalue weighted by Gasteiger charge is -2.14. The summed E-state index contributed by atoms with van der Waals surface area (Å²) in [6, 6.07) is 8.07. The number of aromatic nitrogens is 2. The van der Waals surface area contributed by atoms with Crippen LogP contribution < -0.4 is 5.32 Å². The molecule has 1 aromatic heterocycles. The molecule has 0 aliphatic carbocycles. The van der Waals surface area contributed by atoms with Crippen molar-refractivity contribution in [1.82, 2.24) is 9.78 Å². The van der Waals surface area contributed by atoms with Crippen molar-refractivity contribution in [3.63, 3.8) is 0 Å². The normalized spacial score (nSPS) is 10.8. The number of carboxylic acids is 1. The summed E-state index contributed by atoms with van der Waals surface area (Å²) in [5, 5.41) is 16.0. The molecule has 0 atom stereocenters. The molecule has 0 aliphatic heterocycles. The highest BCUT2D eigenvalue weighted by molar-refractivity contribution is 6.03. The Bertz CT molecular complexity index is 700. The summed E-state index contributed by atoms with van der Waals surface area (Å²) < 4.78 is 1.89. The van der Waals surface area contributed by atoms with Gasteiger partial charge in [0.1, 0.15) is 0 Å². The molecular formula is C17H21N3O3. The van der Waals surface area contributed by atoms with E-state index in [1.54, 1.807) is 18.2 Å². The van der Waals surface area contributed by atoms with Gasteiger partial charge in [-0.3, -0.25) is 9.48 Å². The number of benzene rings is 1. The average Bonchev–Trinajstić information content (AvgIpc) is 2.91. The molecule has 1 amide bonds. The molecule has 0 unspecified atom stereocenters. The first kappa shape index (κ1) is 16.7. The molecule has 0 radical (unpaired) electrons. The van der Waals surface area contributed by atoms with Gasteiger partial charge in [0.2, 0.25) is 0 Å². The first-order chi connectivity index (χ1) is 11.0. The summed E-state index contributed by atoms with van der Waals surface area (Å²) in [4.78, 5) is 23.1. The molecule has 0 aliphatic rings. The molecule has 1 aromatic carbocycles. The van der Waals surface area contributed by atoms with E-state index in [1.807, 2.05) is 11.6 Å². The highest BCUT2D eigenvalue weighted by Crippen LogP contribution is 2.18. The minimum absolute atomic E-state index is 0.178. The largest absolute Gasteiger partial charge is 0.478 e. The van der Waals surface area contributed by atoms with Crippen LogP contribution in [0.1, 0.15) is 59.3 Å². The number of hydrogen-bond donors (Lipinski definition) is 2. The smallest absolute Gasteiger partial charge is 0.335 e. The van der Waals surface area contributed by atoms with Gasteiger partial charge in [-0.2, -0.15) is 5.10 Å². The summed E-state index contributed by atoms with van der Waals surface area (Å²) in [5.41, 5.74) is 2.02. The van der Waals surface area contributed by atoms with Gasteiger partial charge in [0, 0.05) is 11.4 Å². The van der Waals surface area contributed by atoms with Crippen molar-refractivity contribution in [2.45, 2.75) is 39.7 Å². The Morgan fingerprint density at radius 1 is 1.22 bits per heavy atom. The zero-order valence-corrected chi connectivity index (χ0v) is 13.5. The zero-order valence-electron chi connectivity index (χ0n) is 13.5. The maximum absolute atomic E-state index is 12.3. The minimum Gasteiger partial charge on any atom is -0.478 e. The van der Waals surface area contributed by atoms with Gasteiger partial charge in [-0.15, -0.1) is 0 Å². The van der Waals surface area contributed by atoms with Gasteiger partial charge >= 0.3 is 5.97 Å². The van der Waals surface area contributed by atoms with E-state index < -0.39 is 5.97 Å². The van der Waals surface area contributed by atoms with Crippen LogP contribution in [0, 0.1) is 6.92 Å². The topological polar surface area (TPSA) is 84.2 Å². The lowest BCUT2D eigenvalue weighted by molar-refractivity contribution is 0.0696. The van der Waals surface area contributed by atoms with Gasteiger partial charge in [-0.05, 0) is 50.1 Å². The summed E-state index contributed by atoms with van der Waals surface area (Å²) in [6.07, 6.45) is 1.91. The van der Waals surface area contributed by atoms with Gasteiger partial charge in [0.25, 0.3) is 5.91 Å². The van der Waals surface area contributed by atoms with E-state index in [1.165, 1.54) is 12.1 Å². The lowest BCUT2D eigenvalue weighted by atomic mass is 10.2. The van der Waals surface area contributed by atoms with Crippen LogP contribution in [0.15, 0.2) is 30.3 Å². The number of anilines is 1. The number of carbonyl (C=O) groups excluding carboxylic acids is 1. The highest BCUT2D eigenvalue weighted by atomic mass is 16.4. The number of hydrogen-bond acceptors (Lipinski definition) is 3. The van der Waals surface area contributed by atoms with Crippen LogP contribution in [-0.2, 0) is 0 Å². The minimum atomic E-state index is -0.998. The predicted molar refractivity (Wildman–Crippen MR) is 87.9 cm³/mol. The quantitative estimate of drug-likeness (QED) is 0.854. The van der Waals surface area contributed by atoms with Crippen molar-refractivity contribution < 1.29 is 14.7 Å². The summed E-state index contributed by atoms with van der Waals surface area (Å²) in [5.74, 6) is -1.30. The van der Waals surface area contributed by atoms with Crippen LogP contribution in [0.25, 0.3) is 0 Å². The molecule has 0 saturated heterocycles. The number of nitrogens with one attached hydrogen (secondary N) is 1. The first-order valence-electron chi connectivity index (χ1n) is 7.67. The SMILES string of the molecule is CCC(CC)n1nc(C(=O)Nc2ccc(C(=O)O)cc2)cc1C. The molecule has 23 heavy (non-hydrogen) atoms. The molecule has 1 heterocycles. The zero-order chi connectivity index (χ0) is 17.0.